The summed E-state index contributed by atoms with van der Waals surface area (Å²) in [6, 6.07) is 38.1. The lowest BCUT2D eigenvalue weighted by Gasteiger charge is -2.35. The molecule has 4 aromatic carbocycles. The van der Waals surface area contributed by atoms with Gasteiger partial charge in [0.2, 0.25) is 5.91 Å². The Morgan fingerprint density at radius 3 is 1.88 bits per heavy atom. The zero-order chi connectivity index (χ0) is 21.8. The van der Waals surface area contributed by atoms with E-state index >= 15 is 0 Å². The maximum absolute atomic E-state index is 13.8. The average Bonchev–Trinajstić information content (AvgIpc) is 2.86. The molecule has 4 aromatic rings. The quantitative estimate of drug-likeness (QED) is 0.440. The summed E-state index contributed by atoms with van der Waals surface area (Å²) in [6.07, 6.45) is 0. The Labute approximate surface area is 188 Å². The van der Waals surface area contributed by atoms with E-state index in [1.54, 1.807) is 0 Å². The number of fused-ring (bicyclic) bond motifs is 1. The molecule has 0 fully saturated rings. The van der Waals surface area contributed by atoms with Crippen molar-refractivity contribution in [3.8, 4) is 5.75 Å². The van der Waals surface area contributed by atoms with E-state index in [0.29, 0.717) is 6.61 Å². The van der Waals surface area contributed by atoms with E-state index in [1.165, 1.54) is 0 Å². The molecule has 0 aliphatic carbocycles. The van der Waals surface area contributed by atoms with Crippen molar-refractivity contribution in [3.05, 3.63) is 138 Å². The van der Waals surface area contributed by atoms with Crippen molar-refractivity contribution in [2.45, 2.75) is 17.9 Å². The van der Waals surface area contributed by atoms with Crippen molar-refractivity contribution in [1.29, 1.82) is 0 Å². The minimum atomic E-state index is -0.385. The molecule has 1 aliphatic heterocycles. The highest BCUT2D eigenvalue weighted by molar-refractivity contribution is 5.87. The first kappa shape index (κ1) is 20.1. The summed E-state index contributed by atoms with van der Waals surface area (Å²) >= 11 is 0. The summed E-state index contributed by atoms with van der Waals surface area (Å²) in [4.78, 5) is 13.8. The summed E-state index contributed by atoms with van der Waals surface area (Å²) in [7, 11) is 0. The van der Waals surface area contributed by atoms with Crippen LogP contribution in [0.25, 0.3) is 0 Å². The topological polar surface area (TPSA) is 38.3 Å². The molecule has 32 heavy (non-hydrogen) atoms. The molecule has 0 spiro atoms. The van der Waals surface area contributed by atoms with Gasteiger partial charge in [-0.2, -0.15) is 0 Å². The van der Waals surface area contributed by atoms with Crippen LogP contribution in [0.4, 0.5) is 0 Å². The lowest BCUT2D eigenvalue weighted by atomic mass is 9.84. The average molecular weight is 420 g/mol. The van der Waals surface area contributed by atoms with Gasteiger partial charge in [0, 0.05) is 11.5 Å². The van der Waals surface area contributed by atoms with Crippen LogP contribution in [-0.4, -0.2) is 12.5 Å². The number of carbonyl (C=O) groups excluding carboxylic acids is 1. The summed E-state index contributed by atoms with van der Waals surface area (Å²) in [5.74, 6) is 0.470. The second-order valence-corrected chi connectivity index (χ2v) is 8.11. The second-order valence-electron chi connectivity index (χ2n) is 8.11. The predicted octanol–water partition coefficient (Wildman–Crippen LogP) is 5.85. The Hall–Kier alpha value is -3.85. The zero-order valence-corrected chi connectivity index (χ0v) is 17.7. The molecule has 2 atom stereocenters. The summed E-state index contributed by atoms with van der Waals surface area (Å²) in [5.41, 5.74) is 4.13. The zero-order valence-electron chi connectivity index (χ0n) is 17.7. The fourth-order valence-electron chi connectivity index (χ4n) is 4.55. The van der Waals surface area contributed by atoms with Gasteiger partial charge in [-0.25, -0.2) is 0 Å². The number of hydrogen-bond acceptors (Lipinski definition) is 2. The van der Waals surface area contributed by atoms with E-state index in [1.807, 2.05) is 97.1 Å². The van der Waals surface area contributed by atoms with E-state index in [9.17, 15) is 4.79 Å². The molecular weight excluding hydrogens is 394 g/mol. The number of carbonyl (C=O) groups is 1. The van der Waals surface area contributed by atoms with Gasteiger partial charge < -0.3 is 10.1 Å². The Morgan fingerprint density at radius 1 is 0.719 bits per heavy atom. The van der Waals surface area contributed by atoms with Gasteiger partial charge in [0.05, 0.1) is 18.6 Å². The number of nitrogens with one attached hydrogen (secondary N) is 1. The fraction of sp³-hybridized carbons (Fsp3) is 0.138. The monoisotopic (exact) mass is 419 g/mol. The molecule has 2 unspecified atom stereocenters. The summed E-state index contributed by atoms with van der Waals surface area (Å²) in [6.45, 7) is 0.521. The van der Waals surface area contributed by atoms with E-state index in [4.69, 9.17) is 4.74 Å². The highest BCUT2D eigenvalue weighted by atomic mass is 16.5. The number of rotatable bonds is 5. The number of ether oxygens (including phenoxy) is 1. The van der Waals surface area contributed by atoms with Gasteiger partial charge in [0.15, 0.2) is 0 Å². The molecule has 0 saturated carbocycles. The van der Waals surface area contributed by atoms with Crippen LogP contribution >= 0.6 is 0 Å². The molecule has 1 aliphatic rings. The van der Waals surface area contributed by atoms with Crippen LogP contribution in [0.1, 0.15) is 40.1 Å². The lowest BCUT2D eigenvalue weighted by Crippen LogP contribution is -2.40. The van der Waals surface area contributed by atoms with Crippen LogP contribution in [0.3, 0.4) is 0 Å². The fourth-order valence-corrected chi connectivity index (χ4v) is 4.55. The first-order chi connectivity index (χ1) is 15.8. The van der Waals surface area contributed by atoms with Crippen LogP contribution in [0.15, 0.2) is 115 Å². The Kier molecular flexibility index (Phi) is 5.71. The summed E-state index contributed by atoms with van der Waals surface area (Å²) in [5, 5.41) is 3.40. The standard InChI is InChI=1S/C29H25NO2/c31-29(27(22-14-6-2-7-15-22)23-16-8-3-9-17-23)30-28-24-18-10-11-19-26(24)32-20-25(28)21-12-4-1-5-13-21/h1-19,25,27-28H,20H2,(H,30,31). The molecule has 0 aromatic heterocycles. The Bertz CT molecular complexity index is 1140. The maximum Gasteiger partial charge on any atom is 0.232 e. The van der Waals surface area contributed by atoms with Crippen molar-refractivity contribution < 1.29 is 9.53 Å². The number of para-hydroxylation sites is 1. The van der Waals surface area contributed by atoms with E-state index in [-0.39, 0.29) is 23.8 Å². The molecule has 0 saturated heterocycles. The van der Waals surface area contributed by atoms with Gasteiger partial charge in [-0.3, -0.25) is 4.79 Å². The van der Waals surface area contributed by atoms with Gasteiger partial charge in [0.1, 0.15) is 5.75 Å². The molecule has 1 heterocycles. The van der Waals surface area contributed by atoms with Gasteiger partial charge >= 0.3 is 0 Å². The van der Waals surface area contributed by atoms with Gasteiger partial charge in [-0.05, 0) is 22.8 Å². The van der Waals surface area contributed by atoms with Crippen molar-refractivity contribution >= 4 is 5.91 Å². The van der Waals surface area contributed by atoms with E-state index in [2.05, 4.69) is 23.5 Å². The third kappa shape index (κ3) is 4.02. The van der Waals surface area contributed by atoms with Crippen LogP contribution in [0.5, 0.6) is 5.75 Å². The Balaban J connectivity index is 1.53. The SMILES string of the molecule is O=C(NC1c2ccccc2OCC1c1ccccc1)C(c1ccccc1)c1ccccc1. The van der Waals surface area contributed by atoms with Gasteiger partial charge in [-0.1, -0.05) is 109 Å². The maximum atomic E-state index is 13.8. The summed E-state index contributed by atoms with van der Waals surface area (Å²) < 4.78 is 6.08. The molecule has 3 nitrogen and oxygen atoms in total. The Morgan fingerprint density at radius 2 is 1.25 bits per heavy atom. The molecule has 0 radical (unpaired) electrons. The first-order valence-electron chi connectivity index (χ1n) is 11.0. The van der Waals surface area contributed by atoms with Crippen LogP contribution in [0, 0.1) is 0 Å². The molecule has 1 amide bonds. The lowest BCUT2D eigenvalue weighted by molar-refractivity contribution is -0.122. The third-order valence-electron chi connectivity index (χ3n) is 6.13. The van der Waals surface area contributed by atoms with E-state index < -0.39 is 0 Å². The molecule has 5 rings (SSSR count). The van der Waals surface area contributed by atoms with Gasteiger partial charge in [-0.15, -0.1) is 0 Å². The minimum absolute atomic E-state index is 0.00923. The van der Waals surface area contributed by atoms with Gasteiger partial charge in [0.25, 0.3) is 0 Å². The highest BCUT2D eigenvalue weighted by Gasteiger charge is 2.35. The van der Waals surface area contributed by atoms with Crippen molar-refractivity contribution in [1.82, 2.24) is 5.32 Å². The number of hydrogen-bond donors (Lipinski definition) is 1. The predicted molar refractivity (Wildman–Crippen MR) is 127 cm³/mol. The number of benzene rings is 4. The normalized spacial score (nSPS) is 17.3. The van der Waals surface area contributed by atoms with Crippen LogP contribution in [-0.2, 0) is 4.79 Å². The van der Waals surface area contributed by atoms with Crippen molar-refractivity contribution in [3.63, 3.8) is 0 Å². The third-order valence-corrected chi connectivity index (χ3v) is 6.13. The minimum Gasteiger partial charge on any atom is -0.492 e. The second kappa shape index (κ2) is 9.11. The first-order valence-corrected chi connectivity index (χ1v) is 11.0. The smallest absolute Gasteiger partial charge is 0.232 e. The largest absolute Gasteiger partial charge is 0.492 e. The molecular formula is C29H25NO2. The highest BCUT2D eigenvalue weighted by Crippen LogP contribution is 2.41. The molecule has 158 valence electrons. The number of amides is 1. The molecule has 1 N–H and O–H groups in total. The molecule has 0 bridgehead atoms. The van der Waals surface area contributed by atoms with Crippen molar-refractivity contribution in [2.75, 3.05) is 6.61 Å². The van der Waals surface area contributed by atoms with E-state index in [0.717, 1.165) is 28.0 Å². The van der Waals surface area contributed by atoms with Crippen LogP contribution in [0.2, 0.25) is 0 Å². The van der Waals surface area contributed by atoms with Crippen molar-refractivity contribution in [2.24, 2.45) is 0 Å². The molecule has 3 heteroatoms. The van der Waals surface area contributed by atoms with Crippen LogP contribution < -0.4 is 10.1 Å².